The molecule has 0 saturated carbocycles. The number of benzene rings is 1. The van der Waals surface area contributed by atoms with Gasteiger partial charge in [-0.05, 0) is 57.5 Å². The van der Waals surface area contributed by atoms with Crippen LogP contribution >= 0.6 is 0 Å². The second-order valence-electron chi connectivity index (χ2n) is 5.27. The van der Waals surface area contributed by atoms with E-state index in [1.807, 2.05) is 32.0 Å². The van der Waals surface area contributed by atoms with Gasteiger partial charge in [0.15, 0.2) is 5.78 Å². The van der Waals surface area contributed by atoms with E-state index in [4.69, 9.17) is 4.74 Å². The van der Waals surface area contributed by atoms with Gasteiger partial charge >= 0.3 is 0 Å². The lowest BCUT2D eigenvalue weighted by atomic mass is 9.98. The molecule has 0 fully saturated rings. The van der Waals surface area contributed by atoms with Gasteiger partial charge in [0.1, 0.15) is 5.75 Å². The van der Waals surface area contributed by atoms with Crippen molar-refractivity contribution in [2.45, 2.75) is 26.2 Å². The van der Waals surface area contributed by atoms with Crippen LogP contribution in [0.5, 0.6) is 5.75 Å². The molecule has 1 aromatic rings. The second kappa shape index (κ2) is 5.53. The molecule has 0 aromatic heterocycles. The summed E-state index contributed by atoms with van der Waals surface area (Å²) in [5, 5.41) is 0. The third kappa shape index (κ3) is 2.91. The van der Waals surface area contributed by atoms with Crippen LogP contribution in [0.4, 0.5) is 0 Å². The third-order valence-corrected chi connectivity index (χ3v) is 3.16. The Hall–Kier alpha value is -1.35. The summed E-state index contributed by atoms with van der Waals surface area (Å²) in [6.07, 6.45) is 3.21. The molecule has 0 bridgehead atoms. The standard InChI is InChI=1S/C15H21NO2/c1-11-8-12-6-4-5-7-18-15(12)13(9-11)14(17)10-16(2)3/h8-9H,4-7,10H2,1-3H3. The fraction of sp³-hybridized carbons (Fsp3) is 0.533. The Morgan fingerprint density at radius 2 is 2.11 bits per heavy atom. The highest BCUT2D eigenvalue weighted by atomic mass is 16.5. The fourth-order valence-electron chi connectivity index (χ4n) is 2.38. The number of fused-ring (bicyclic) bond motifs is 1. The minimum absolute atomic E-state index is 0.141. The van der Waals surface area contributed by atoms with Gasteiger partial charge in [-0.3, -0.25) is 4.79 Å². The second-order valence-corrected chi connectivity index (χ2v) is 5.27. The summed E-state index contributed by atoms with van der Waals surface area (Å²) < 4.78 is 5.80. The van der Waals surface area contributed by atoms with E-state index in [1.54, 1.807) is 0 Å². The number of ether oxygens (including phenoxy) is 1. The molecule has 1 heterocycles. The Kier molecular flexibility index (Phi) is 4.02. The molecule has 1 aliphatic rings. The molecule has 0 unspecified atom stereocenters. The lowest BCUT2D eigenvalue weighted by Crippen LogP contribution is -2.22. The van der Waals surface area contributed by atoms with Gasteiger partial charge in [-0.25, -0.2) is 0 Å². The van der Waals surface area contributed by atoms with Gasteiger partial charge in [-0.1, -0.05) is 6.07 Å². The maximum atomic E-state index is 12.3. The molecule has 2 rings (SSSR count). The molecular formula is C15H21NO2. The molecule has 0 N–H and O–H groups in total. The third-order valence-electron chi connectivity index (χ3n) is 3.16. The minimum atomic E-state index is 0.141. The van der Waals surface area contributed by atoms with Crippen LogP contribution in [-0.4, -0.2) is 37.9 Å². The molecule has 1 aliphatic heterocycles. The van der Waals surface area contributed by atoms with Crippen molar-refractivity contribution in [1.29, 1.82) is 0 Å². The molecule has 0 radical (unpaired) electrons. The zero-order valence-electron chi connectivity index (χ0n) is 11.5. The Labute approximate surface area is 109 Å². The molecule has 1 aromatic carbocycles. The summed E-state index contributed by atoms with van der Waals surface area (Å²) in [4.78, 5) is 14.2. The first-order valence-electron chi connectivity index (χ1n) is 6.52. The van der Waals surface area contributed by atoms with Crippen molar-refractivity contribution in [3.05, 3.63) is 28.8 Å². The van der Waals surface area contributed by atoms with Crippen LogP contribution in [0.2, 0.25) is 0 Å². The number of Topliss-reactive ketones (excluding diaryl/α,β-unsaturated/α-hetero) is 1. The molecule has 0 spiro atoms. The van der Waals surface area contributed by atoms with E-state index in [0.717, 1.165) is 42.7 Å². The molecule has 0 saturated heterocycles. The normalized spacial score (nSPS) is 14.9. The number of carbonyl (C=O) groups is 1. The maximum absolute atomic E-state index is 12.3. The van der Waals surface area contributed by atoms with Crippen molar-refractivity contribution in [2.75, 3.05) is 27.2 Å². The Morgan fingerprint density at radius 1 is 1.33 bits per heavy atom. The van der Waals surface area contributed by atoms with Crippen molar-refractivity contribution in [3.8, 4) is 5.75 Å². The molecule has 0 atom stereocenters. The highest BCUT2D eigenvalue weighted by molar-refractivity contribution is 6.00. The largest absolute Gasteiger partial charge is 0.493 e. The van der Waals surface area contributed by atoms with Crippen molar-refractivity contribution < 1.29 is 9.53 Å². The molecular weight excluding hydrogens is 226 g/mol. The quantitative estimate of drug-likeness (QED) is 0.768. The Bertz CT molecular complexity index is 452. The molecule has 0 aliphatic carbocycles. The van der Waals surface area contributed by atoms with Crippen molar-refractivity contribution in [2.24, 2.45) is 0 Å². The van der Waals surface area contributed by atoms with Gasteiger partial charge in [0.2, 0.25) is 0 Å². The van der Waals surface area contributed by atoms with Gasteiger partial charge in [0.05, 0.1) is 18.7 Å². The summed E-state index contributed by atoms with van der Waals surface area (Å²) in [5.74, 6) is 0.965. The monoisotopic (exact) mass is 247 g/mol. The highest BCUT2D eigenvalue weighted by Gasteiger charge is 2.19. The lowest BCUT2D eigenvalue weighted by Gasteiger charge is -2.15. The SMILES string of the molecule is Cc1cc2c(c(C(=O)CN(C)C)c1)OCCCC2. The van der Waals surface area contributed by atoms with Crippen LogP contribution in [0.3, 0.4) is 0 Å². The first-order chi connectivity index (χ1) is 8.58. The van der Waals surface area contributed by atoms with E-state index in [0.29, 0.717) is 6.54 Å². The maximum Gasteiger partial charge on any atom is 0.180 e. The van der Waals surface area contributed by atoms with Gasteiger partial charge in [0.25, 0.3) is 0 Å². The van der Waals surface area contributed by atoms with E-state index in [2.05, 4.69) is 6.07 Å². The van der Waals surface area contributed by atoms with Gasteiger partial charge < -0.3 is 9.64 Å². The van der Waals surface area contributed by atoms with Crippen LogP contribution in [0.25, 0.3) is 0 Å². The van der Waals surface area contributed by atoms with E-state index in [1.165, 1.54) is 5.56 Å². The summed E-state index contributed by atoms with van der Waals surface area (Å²) in [6, 6.07) is 4.10. The van der Waals surface area contributed by atoms with E-state index in [-0.39, 0.29) is 5.78 Å². The molecule has 0 amide bonds. The minimum Gasteiger partial charge on any atom is -0.493 e. The number of nitrogens with zero attached hydrogens (tertiary/aromatic N) is 1. The number of aryl methyl sites for hydroxylation is 2. The summed E-state index contributed by atoms with van der Waals surface area (Å²) in [6.45, 7) is 3.19. The van der Waals surface area contributed by atoms with Gasteiger partial charge in [0, 0.05) is 0 Å². The van der Waals surface area contributed by atoms with Crippen LogP contribution in [0.15, 0.2) is 12.1 Å². The number of rotatable bonds is 3. The van der Waals surface area contributed by atoms with Crippen LogP contribution in [0.1, 0.15) is 34.3 Å². The van der Waals surface area contributed by atoms with E-state index >= 15 is 0 Å². The zero-order valence-corrected chi connectivity index (χ0v) is 11.5. The van der Waals surface area contributed by atoms with Crippen LogP contribution in [-0.2, 0) is 6.42 Å². The van der Waals surface area contributed by atoms with Gasteiger partial charge in [-0.15, -0.1) is 0 Å². The predicted octanol–water partition coefficient (Wildman–Crippen LogP) is 2.45. The molecule has 18 heavy (non-hydrogen) atoms. The Morgan fingerprint density at radius 3 is 2.83 bits per heavy atom. The van der Waals surface area contributed by atoms with Crippen LogP contribution in [0, 0.1) is 6.92 Å². The molecule has 3 heteroatoms. The summed E-state index contributed by atoms with van der Waals surface area (Å²) >= 11 is 0. The first kappa shape index (κ1) is 13.1. The number of likely N-dealkylation sites (N-methyl/N-ethyl adjacent to an activating group) is 1. The summed E-state index contributed by atoms with van der Waals surface area (Å²) in [5.41, 5.74) is 3.08. The predicted molar refractivity (Wildman–Crippen MR) is 72.5 cm³/mol. The summed E-state index contributed by atoms with van der Waals surface area (Å²) in [7, 11) is 3.82. The first-order valence-corrected chi connectivity index (χ1v) is 6.52. The number of hydrogen-bond donors (Lipinski definition) is 0. The van der Waals surface area contributed by atoms with Gasteiger partial charge in [-0.2, -0.15) is 0 Å². The van der Waals surface area contributed by atoms with Crippen molar-refractivity contribution >= 4 is 5.78 Å². The smallest absolute Gasteiger partial charge is 0.180 e. The average molecular weight is 247 g/mol. The highest BCUT2D eigenvalue weighted by Crippen LogP contribution is 2.30. The molecule has 98 valence electrons. The number of carbonyl (C=O) groups excluding carboxylic acids is 1. The van der Waals surface area contributed by atoms with E-state index < -0.39 is 0 Å². The van der Waals surface area contributed by atoms with Crippen molar-refractivity contribution in [3.63, 3.8) is 0 Å². The number of ketones is 1. The number of hydrogen-bond acceptors (Lipinski definition) is 3. The molecule has 3 nitrogen and oxygen atoms in total. The fourth-order valence-corrected chi connectivity index (χ4v) is 2.38. The topological polar surface area (TPSA) is 29.5 Å². The zero-order chi connectivity index (χ0) is 13.1. The Balaban J connectivity index is 2.39. The van der Waals surface area contributed by atoms with E-state index in [9.17, 15) is 4.79 Å². The average Bonchev–Trinajstić information content (AvgIpc) is 2.51. The van der Waals surface area contributed by atoms with Crippen molar-refractivity contribution in [1.82, 2.24) is 4.90 Å². The van der Waals surface area contributed by atoms with Crippen LogP contribution < -0.4 is 4.74 Å². The lowest BCUT2D eigenvalue weighted by molar-refractivity contribution is 0.0953.